The van der Waals surface area contributed by atoms with Gasteiger partial charge >= 0.3 is 0 Å². The van der Waals surface area contributed by atoms with Crippen molar-refractivity contribution in [1.29, 1.82) is 0 Å². The number of halogens is 4. The van der Waals surface area contributed by atoms with Crippen LogP contribution in [-0.4, -0.2) is 43.8 Å². The molecule has 0 heterocycles. The number of sulfonamides is 1. The van der Waals surface area contributed by atoms with Gasteiger partial charge in [0.05, 0.1) is 25.7 Å². The fourth-order valence-electron chi connectivity index (χ4n) is 5.67. The summed E-state index contributed by atoms with van der Waals surface area (Å²) in [6.07, 6.45) is 3.90. The molecular formula is C35H33Cl4N3O4S. The van der Waals surface area contributed by atoms with Gasteiger partial charge in [-0.25, -0.2) is 8.42 Å². The number of nitrogens with zero attached hydrogens (tertiary/aromatic N) is 2. The average molecular weight is 734 g/mol. The Balaban J connectivity index is 1.60. The second-order valence-electron chi connectivity index (χ2n) is 11.4. The quantitative estimate of drug-likeness (QED) is 0.159. The molecule has 0 aromatic heterocycles. The van der Waals surface area contributed by atoms with E-state index in [1.807, 2.05) is 30.3 Å². The third-order valence-electron chi connectivity index (χ3n) is 8.10. The molecule has 4 aromatic rings. The summed E-state index contributed by atoms with van der Waals surface area (Å²) in [7, 11) is -4.33. The molecular weight excluding hydrogens is 700 g/mol. The van der Waals surface area contributed by atoms with E-state index in [2.05, 4.69) is 5.32 Å². The second-order valence-corrected chi connectivity index (χ2v) is 14.9. The highest BCUT2D eigenvalue weighted by atomic mass is 35.5. The Labute approximate surface area is 295 Å². The van der Waals surface area contributed by atoms with Crippen molar-refractivity contribution in [2.75, 3.05) is 10.8 Å². The van der Waals surface area contributed by atoms with Crippen molar-refractivity contribution < 1.29 is 18.0 Å². The number of rotatable bonds is 12. The fraction of sp³-hybridized carbons (Fsp3) is 0.257. The van der Waals surface area contributed by atoms with Crippen molar-refractivity contribution in [1.82, 2.24) is 10.2 Å². The molecule has 246 valence electrons. The molecule has 0 bridgehead atoms. The highest BCUT2D eigenvalue weighted by Crippen LogP contribution is 2.34. The lowest BCUT2D eigenvalue weighted by atomic mass is 10.0. The molecule has 1 N–H and O–H groups in total. The Morgan fingerprint density at radius 3 is 2.06 bits per heavy atom. The normalized spacial score (nSPS) is 14.0. The highest BCUT2D eigenvalue weighted by molar-refractivity contribution is 7.92. The Morgan fingerprint density at radius 2 is 1.40 bits per heavy atom. The lowest BCUT2D eigenvalue weighted by Crippen LogP contribution is -2.54. The molecule has 47 heavy (non-hydrogen) atoms. The van der Waals surface area contributed by atoms with Gasteiger partial charge in [-0.3, -0.25) is 13.9 Å². The van der Waals surface area contributed by atoms with Crippen LogP contribution in [0.25, 0.3) is 0 Å². The topological polar surface area (TPSA) is 86.8 Å². The summed E-state index contributed by atoms with van der Waals surface area (Å²) in [5.74, 6) is -0.957. The Kier molecular flexibility index (Phi) is 11.7. The van der Waals surface area contributed by atoms with E-state index in [0.717, 1.165) is 35.6 Å². The summed E-state index contributed by atoms with van der Waals surface area (Å²) < 4.78 is 29.3. The van der Waals surface area contributed by atoms with Gasteiger partial charge in [-0.2, -0.15) is 0 Å². The largest absolute Gasteiger partial charge is 0.352 e. The van der Waals surface area contributed by atoms with Crippen LogP contribution in [0.15, 0.2) is 102 Å². The van der Waals surface area contributed by atoms with Crippen LogP contribution in [-0.2, 0) is 32.6 Å². The van der Waals surface area contributed by atoms with Gasteiger partial charge in [0, 0.05) is 24.0 Å². The van der Waals surface area contributed by atoms with E-state index < -0.39 is 28.5 Å². The van der Waals surface area contributed by atoms with E-state index in [1.165, 1.54) is 35.2 Å². The molecule has 1 atom stereocenters. The van der Waals surface area contributed by atoms with E-state index in [9.17, 15) is 18.0 Å². The standard InChI is InChI=1S/C35H33Cl4N3O4S/c36-26-16-18-30(38)32(21-26)42(47(45,46)28-13-5-2-6-14-28)23-34(43)41(22-25-15-17-29(37)31(39)19-25)33(20-24-9-3-1-4-10-24)35(44)40-27-11-7-8-12-27/h1-6,9-10,13-19,21,27,33H,7-8,11-12,20,22-23H2,(H,40,44). The summed E-state index contributed by atoms with van der Waals surface area (Å²) in [5.41, 5.74) is 1.47. The molecule has 1 fully saturated rings. The molecule has 1 aliphatic rings. The molecule has 0 saturated heterocycles. The van der Waals surface area contributed by atoms with Crippen molar-refractivity contribution in [3.8, 4) is 0 Å². The molecule has 0 radical (unpaired) electrons. The van der Waals surface area contributed by atoms with Crippen LogP contribution in [0.1, 0.15) is 36.8 Å². The number of carbonyl (C=O) groups excluding carboxylic acids is 2. The number of benzene rings is 4. The third-order valence-corrected chi connectivity index (χ3v) is 11.2. The van der Waals surface area contributed by atoms with Crippen LogP contribution >= 0.6 is 46.4 Å². The van der Waals surface area contributed by atoms with Gasteiger partial charge in [-0.1, -0.05) is 114 Å². The molecule has 0 spiro atoms. The van der Waals surface area contributed by atoms with Gasteiger partial charge in [0.15, 0.2) is 0 Å². The van der Waals surface area contributed by atoms with Crippen LogP contribution in [0, 0.1) is 0 Å². The Bertz CT molecular complexity index is 1820. The summed E-state index contributed by atoms with van der Waals surface area (Å²) in [6, 6.07) is 25.5. The van der Waals surface area contributed by atoms with Crippen LogP contribution in [0.3, 0.4) is 0 Å². The first kappa shape index (κ1) is 35.0. The maximum absolute atomic E-state index is 14.6. The number of carbonyl (C=O) groups is 2. The van der Waals surface area contributed by atoms with Crippen molar-refractivity contribution in [3.05, 3.63) is 128 Å². The Morgan fingerprint density at radius 1 is 0.766 bits per heavy atom. The zero-order chi connectivity index (χ0) is 33.6. The number of anilines is 1. The zero-order valence-corrected chi connectivity index (χ0v) is 29.1. The van der Waals surface area contributed by atoms with Gasteiger partial charge in [-0.05, 0) is 66.4 Å². The number of nitrogens with one attached hydrogen (secondary N) is 1. The van der Waals surface area contributed by atoms with E-state index in [-0.39, 0.29) is 50.6 Å². The van der Waals surface area contributed by atoms with E-state index in [1.54, 1.807) is 36.4 Å². The average Bonchev–Trinajstić information content (AvgIpc) is 3.58. The summed E-state index contributed by atoms with van der Waals surface area (Å²) >= 11 is 25.4. The van der Waals surface area contributed by atoms with Crippen LogP contribution < -0.4 is 9.62 Å². The molecule has 5 rings (SSSR count). The molecule has 2 amide bonds. The molecule has 4 aromatic carbocycles. The van der Waals surface area contributed by atoms with Crippen molar-refractivity contribution in [2.24, 2.45) is 0 Å². The van der Waals surface area contributed by atoms with E-state index in [0.29, 0.717) is 10.6 Å². The summed E-state index contributed by atoms with van der Waals surface area (Å²) in [6.45, 7) is -0.714. The fourth-order valence-corrected chi connectivity index (χ4v) is 7.87. The zero-order valence-electron chi connectivity index (χ0n) is 25.3. The van der Waals surface area contributed by atoms with Crippen LogP contribution in [0.2, 0.25) is 20.1 Å². The van der Waals surface area contributed by atoms with E-state index >= 15 is 0 Å². The Hall–Kier alpha value is -3.27. The minimum Gasteiger partial charge on any atom is -0.352 e. The van der Waals surface area contributed by atoms with Crippen molar-refractivity contribution >= 4 is 73.9 Å². The van der Waals surface area contributed by atoms with Gasteiger partial charge in [0.1, 0.15) is 12.6 Å². The highest BCUT2D eigenvalue weighted by Gasteiger charge is 2.36. The lowest BCUT2D eigenvalue weighted by molar-refractivity contribution is -0.140. The van der Waals surface area contributed by atoms with Gasteiger partial charge in [0.2, 0.25) is 11.8 Å². The molecule has 1 unspecified atom stereocenters. The minimum atomic E-state index is -4.33. The second kappa shape index (κ2) is 15.8. The first-order chi connectivity index (χ1) is 22.5. The predicted octanol–water partition coefficient (Wildman–Crippen LogP) is 8.19. The van der Waals surface area contributed by atoms with Gasteiger partial charge in [-0.15, -0.1) is 0 Å². The van der Waals surface area contributed by atoms with Gasteiger partial charge < -0.3 is 10.2 Å². The molecule has 1 saturated carbocycles. The maximum atomic E-state index is 14.6. The monoisotopic (exact) mass is 731 g/mol. The number of hydrogen-bond donors (Lipinski definition) is 1. The molecule has 7 nitrogen and oxygen atoms in total. The number of hydrogen-bond acceptors (Lipinski definition) is 4. The first-order valence-electron chi connectivity index (χ1n) is 15.1. The van der Waals surface area contributed by atoms with Crippen molar-refractivity contribution in [2.45, 2.75) is 55.6 Å². The molecule has 0 aliphatic heterocycles. The SMILES string of the molecule is O=C(NC1CCCC1)C(Cc1ccccc1)N(Cc1ccc(Cl)c(Cl)c1)C(=O)CN(c1cc(Cl)ccc1Cl)S(=O)(=O)c1ccccc1. The lowest BCUT2D eigenvalue weighted by Gasteiger charge is -2.34. The summed E-state index contributed by atoms with van der Waals surface area (Å²) in [4.78, 5) is 30.1. The van der Waals surface area contributed by atoms with Crippen LogP contribution in [0.5, 0.6) is 0 Å². The first-order valence-corrected chi connectivity index (χ1v) is 18.1. The number of amides is 2. The minimum absolute atomic E-state index is 0.0112. The smallest absolute Gasteiger partial charge is 0.264 e. The predicted molar refractivity (Wildman–Crippen MR) is 189 cm³/mol. The van der Waals surface area contributed by atoms with Crippen molar-refractivity contribution in [3.63, 3.8) is 0 Å². The van der Waals surface area contributed by atoms with Crippen LogP contribution in [0.4, 0.5) is 5.69 Å². The molecule has 1 aliphatic carbocycles. The summed E-state index contributed by atoms with van der Waals surface area (Å²) in [5, 5.41) is 4.08. The third kappa shape index (κ3) is 8.80. The van der Waals surface area contributed by atoms with E-state index in [4.69, 9.17) is 46.4 Å². The maximum Gasteiger partial charge on any atom is 0.264 e. The van der Waals surface area contributed by atoms with Gasteiger partial charge in [0.25, 0.3) is 10.0 Å². The molecule has 12 heteroatoms.